The highest BCUT2D eigenvalue weighted by Crippen LogP contribution is 2.27. The van der Waals surface area contributed by atoms with Gasteiger partial charge in [-0.2, -0.15) is 0 Å². The summed E-state index contributed by atoms with van der Waals surface area (Å²) in [6.45, 7) is 3.97. The number of phenols is 1. The van der Waals surface area contributed by atoms with Gasteiger partial charge in [0.15, 0.2) is 0 Å². The molecule has 0 bridgehead atoms. The second-order valence-electron chi connectivity index (χ2n) is 5.17. The largest absolute Gasteiger partial charge is 0.507 e. The van der Waals surface area contributed by atoms with E-state index in [9.17, 15) is 14.7 Å². The number of benzene rings is 1. The van der Waals surface area contributed by atoms with E-state index in [1.807, 2.05) is 0 Å². The van der Waals surface area contributed by atoms with Crippen LogP contribution < -0.4 is 0 Å². The van der Waals surface area contributed by atoms with Crippen LogP contribution in [0.15, 0.2) is 18.2 Å². The molecule has 1 N–H and O–H groups in total. The quantitative estimate of drug-likeness (QED) is 0.908. The maximum Gasteiger partial charge on any atom is 0.257 e. The zero-order valence-electron chi connectivity index (χ0n) is 11.3. The molecule has 102 valence electrons. The Bertz CT molecular complexity index is 510. The molecule has 1 atom stereocenters. The third-order valence-electron chi connectivity index (χ3n) is 3.63. The van der Waals surface area contributed by atoms with E-state index in [4.69, 9.17) is 0 Å². The molecule has 0 radical (unpaired) electrons. The molecule has 1 unspecified atom stereocenters. The molecule has 0 saturated carbocycles. The van der Waals surface area contributed by atoms with Crippen molar-refractivity contribution in [3.8, 4) is 5.75 Å². The Hall–Kier alpha value is -1.84. The lowest BCUT2D eigenvalue weighted by Gasteiger charge is -2.24. The number of amides is 1. The average Bonchev–Trinajstić information content (AvgIpc) is 2.79. The van der Waals surface area contributed by atoms with Crippen molar-refractivity contribution in [3.05, 3.63) is 29.3 Å². The molecule has 4 heteroatoms. The van der Waals surface area contributed by atoms with Gasteiger partial charge in [-0.1, -0.05) is 12.1 Å². The number of nitrogens with zero attached hydrogens (tertiary/aromatic N) is 1. The number of ketones is 1. The molecule has 1 fully saturated rings. The van der Waals surface area contributed by atoms with Crippen LogP contribution >= 0.6 is 0 Å². The van der Waals surface area contributed by atoms with Gasteiger partial charge in [-0.05, 0) is 38.3 Å². The number of carbonyl (C=O) groups is 2. The molecule has 19 heavy (non-hydrogen) atoms. The maximum atomic E-state index is 12.5. The fourth-order valence-corrected chi connectivity index (χ4v) is 2.63. The zero-order chi connectivity index (χ0) is 14.0. The van der Waals surface area contributed by atoms with Gasteiger partial charge in [0.25, 0.3) is 5.91 Å². The van der Waals surface area contributed by atoms with Gasteiger partial charge < -0.3 is 10.0 Å². The van der Waals surface area contributed by atoms with Crippen molar-refractivity contribution in [1.29, 1.82) is 0 Å². The number of hydrogen-bond donors (Lipinski definition) is 1. The van der Waals surface area contributed by atoms with E-state index in [1.54, 1.807) is 36.9 Å². The standard InChI is InChI=1S/C15H19NO3/c1-10-5-3-7-13(14(10)18)15(19)16-8-4-6-12(16)9-11(2)17/h3,5,7,12,18H,4,6,8-9H2,1-2H3. The number of likely N-dealkylation sites (tertiary alicyclic amines) is 1. The highest BCUT2D eigenvalue weighted by molar-refractivity contribution is 5.97. The summed E-state index contributed by atoms with van der Waals surface area (Å²) >= 11 is 0. The summed E-state index contributed by atoms with van der Waals surface area (Å²) in [7, 11) is 0. The van der Waals surface area contributed by atoms with Crippen molar-refractivity contribution in [3.63, 3.8) is 0 Å². The van der Waals surface area contributed by atoms with Crippen LogP contribution in [-0.4, -0.2) is 34.3 Å². The Labute approximate surface area is 113 Å². The lowest BCUT2D eigenvalue weighted by Crippen LogP contribution is -2.36. The molecular formula is C15H19NO3. The van der Waals surface area contributed by atoms with Gasteiger partial charge in [-0.15, -0.1) is 0 Å². The summed E-state index contributed by atoms with van der Waals surface area (Å²) < 4.78 is 0. The summed E-state index contributed by atoms with van der Waals surface area (Å²) in [4.78, 5) is 25.4. The van der Waals surface area contributed by atoms with E-state index in [0.29, 0.717) is 24.1 Å². The van der Waals surface area contributed by atoms with E-state index in [-0.39, 0.29) is 23.5 Å². The lowest BCUT2D eigenvalue weighted by atomic mass is 10.1. The Balaban J connectivity index is 2.23. The maximum absolute atomic E-state index is 12.5. The van der Waals surface area contributed by atoms with Crippen molar-refractivity contribution in [2.75, 3.05) is 6.54 Å². The molecule has 1 heterocycles. The second-order valence-corrected chi connectivity index (χ2v) is 5.17. The summed E-state index contributed by atoms with van der Waals surface area (Å²) in [6, 6.07) is 5.14. The zero-order valence-corrected chi connectivity index (χ0v) is 11.3. The third-order valence-corrected chi connectivity index (χ3v) is 3.63. The minimum atomic E-state index is -0.176. The van der Waals surface area contributed by atoms with E-state index in [0.717, 1.165) is 12.8 Å². The Morgan fingerprint density at radius 2 is 2.16 bits per heavy atom. The first-order valence-corrected chi connectivity index (χ1v) is 6.59. The molecular weight excluding hydrogens is 242 g/mol. The van der Waals surface area contributed by atoms with Crippen LogP contribution in [-0.2, 0) is 4.79 Å². The summed E-state index contributed by atoms with van der Waals surface area (Å²) in [5.74, 6) is -0.0379. The first kappa shape index (κ1) is 13.6. The van der Waals surface area contributed by atoms with Gasteiger partial charge >= 0.3 is 0 Å². The summed E-state index contributed by atoms with van der Waals surface area (Å²) in [6.07, 6.45) is 2.17. The molecule has 1 aliphatic heterocycles. The number of aryl methyl sites for hydroxylation is 1. The monoisotopic (exact) mass is 261 g/mol. The molecule has 1 saturated heterocycles. The number of para-hydroxylation sites is 1. The second kappa shape index (κ2) is 5.43. The molecule has 0 aliphatic carbocycles. The Morgan fingerprint density at radius 1 is 1.42 bits per heavy atom. The molecule has 1 aromatic rings. The van der Waals surface area contributed by atoms with Gasteiger partial charge in [-0.3, -0.25) is 9.59 Å². The van der Waals surface area contributed by atoms with Gasteiger partial charge in [0.2, 0.25) is 0 Å². The van der Waals surface area contributed by atoms with E-state index >= 15 is 0 Å². The van der Waals surface area contributed by atoms with Crippen LogP contribution in [0.3, 0.4) is 0 Å². The first-order valence-electron chi connectivity index (χ1n) is 6.59. The van der Waals surface area contributed by atoms with Crippen molar-refractivity contribution < 1.29 is 14.7 Å². The number of Topliss-reactive ketones (excluding diaryl/α,β-unsaturated/α-hetero) is 1. The minimum absolute atomic E-state index is 0.0232. The first-order chi connectivity index (χ1) is 9.00. The van der Waals surface area contributed by atoms with Crippen molar-refractivity contribution in [2.24, 2.45) is 0 Å². The van der Waals surface area contributed by atoms with E-state index < -0.39 is 0 Å². The van der Waals surface area contributed by atoms with Crippen LogP contribution in [0, 0.1) is 6.92 Å². The lowest BCUT2D eigenvalue weighted by molar-refractivity contribution is -0.117. The van der Waals surface area contributed by atoms with E-state index in [2.05, 4.69) is 0 Å². The molecule has 0 spiro atoms. The molecule has 1 aliphatic rings. The number of carbonyl (C=O) groups excluding carboxylic acids is 2. The summed E-state index contributed by atoms with van der Waals surface area (Å²) in [5.41, 5.74) is 1.02. The fraction of sp³-hybridized carbons (Fsp3) is 0.467. The number of rotatable bonds is 3. The van der Waals surface area contributed by atoms with Crippen molar-refractivity contribution in [2.45, 2.75) is 39.2 Å². The Kier molecular flexibility index (Phi) is 3.88. The average molecular weight is 261 g/mol. The van der Waals surface area contributed by atoms with Crippen LogP contribution in [0.25, 0.3) is 0 Å². The van der Waals surface area contributed by atoms with Crippen molar-refractivity contribution in [1.82, 2.24) is 4.90 Å². The fourth-order valence-electron chi connectivity index (χ4n) is 2.63. The molecule has 0 aromatic heterocycles. The highest BCUT2D eigenvalue weighted by Gasteiger charge is 2.31. The number of phenolic OH excluding ortho intramolecular Hbond substituents is 1. The van der Waals surface area contributed by atoms with Crippen molar-refractivity contribution >= 4 is 11.7 Å². The molecule has 1 amide bonds. The highest BCUT2D eigenvalue weighted by atomic mass is 16.3. The van der Waals surface area contributed by atoms with Gasteiger partial charge in [-0.25, -0.2) is 0 Å². The molecule has 2 rings (SSSR count). The van der Waals surface area contributed by atoms with E-state index in [1.165, 1.54) is 0 Å². The third kappa shape index (κ3) is 2.78. The topological polar surface area (TPSA) is 57.6 Å². The smallest absolute Gasteiger partial charge is 0.257 e. The molecule has 4 nitrogen and oxygen atoms in total. The minimum Gasteiger partial charge on any atom is -0.507 e. The number of hydrogen-bond acceptors (Lipinski definition) is 3. The van der Waals surface area contributed by atoms with Crippen LogP contribution in [0.5, 0.6) is 5.75 Å². The number of aromatic hydroxyl groups is 1. The van der Waals surface area contributed by atoms with Crippen LogP contribution in [0.4, 0.5) is 0 Å². The van der Waals surface area contributed by atoms with Crippen LogP contribution in [0.2, 0.25) is 0 Å². The van der Waals surface area contributed by atoms with Crippen LogP contribution in [0.1, 0.15) is 42.1 Å². The summed E-state index contributed by atoms with van der Waals surface area (Å²) in [5, 5.41) is 9.98. The molecule has 1 aromatic carbocycles. The van der Waals surface area contributed by atoms with Gasteiger partial charge in [0, 0.05) is 19.0 Å². The predicted molar refractivity (Wildman–Crippen MR) is 72.2 cm³/mol. The Morgan fingerprint density at radius 3 is 2.84 bits per heavy atom. The van der Waals surface area contributed by atoms with Gasteiger partial charge in [0.1, 0.15) is 11.5 Å². The SMILES string of the molecule is CC(=O)CC1CCCN1C(=O)c1cccc(C)c1O. The van der Waals surface area contributed by atoms with Gasteiger partial charge in [0.05, 0.1) is 5.56 Å². The predicted octanol–water partition coefficient (Wildman–Crippen LogP) is 2.28. The normalized spacial score (nSPS) is 18.6.